The Morgan fingerprint density at radius 2 is 2.24 bits per heavy atom. The van der Waals surface area contributed by atoms with Gasteiger partial charge in [0.1, 0.15) is 5.75 Å². The minimum absolute atomic E-state index is 0.229. The van der Waals surface area contributed by atoms with Crippen molar-refractivity contribution in [2.75, 3.05) is 12.4 Å². The summed E-state index contributed by atoms with van der Waals surface area (Å²) in [6.07, 6.45) is 4.05. The first-order valence-corrected chi connectivity index (χ1v) is 6.80. The lowest BCUT2D eigenvalue weighted by atomic mass is 10.1. The van der Waals surface area contributed by atoms with Crippen molar-refractivity contribution in [3.05, 3.63) is 47.2 Å². The SMILES string of the molecule is CCc1cc(NC(=O)/C=C/c2cc(C)ccc2OC)n[nH]1. The zero-order valence-electron chi connectivity index (χ0n) is 12.4. The highest BCUT2D eigenvalue weighted by Gasteiger charge is 2.04. The van der Waals surface area contributed by atoms with Crippen LogP contribution < -0.4 is 10.1 Å². The standard InChI is InChI=1S/C16H19N3O2/c1-4-13-10-15(19-18-13)17-16(20)8-6-12-9-11(2)5-7-14(12)21-3/h5-10H,4H2,1-3H3,(H2,17,18,19,20)/b8-6+. The highest BCUT2D eigenvalue weighted by atomic mass is 16.5. The monoisotopic (exact) mass is 285 g/mol. The van der Waals surface area contributed by atoms with Crippen molar-refractivity contribution in [1.82, 2.24) is 10.2 Å². The number of rotatable bonds is 5. The second kappa shape index (κ2) is 6.74. The summed E-state index contributed by atoms with van der Waals surface area (Å²) in [5, 5.41) is 9.58. The van der Waals surface area contributed by atoms with E-state index in [0.29, 0.717) is 5.82 Å². The first-order chi connectivity index (χ1) is 10.1. The fourth-order valence-corrected chi connectivity index (χ4v) is 1.92. The maximum atomic E-state index is 11.9. The molecule has 1 heterocycles. The summed E-state index contributed by atoms with van der Waals surface area (Å²) in [5.74, 6) is 1.03. The lowest BCUT2D eigenvalue weighted by molar-refractivity contribution is -0.111. The number of aryl methyl sites for hydroxylation is 2. The van der Waals surface area contributed by atoms with Crippen LogP contribution in [0.5, 0.6) is 5.75 Å². The fraction of sp³-hybridized carbons (Fsp3) is 0.250. The van der Waals surface area contributed by atoms with E-state index in [4.69, 9.17) is 4.74 Å². The summed E-state index contributed by atoms with van der Waals surface area (Å²) in [4.78, 5) is 11.9. The molecule has 0 fully saturated rings. The fourth-order valence-electron chi connectivity index (χ4n) is 1.92. The van der Waals surface area contributed by atoms with Gasteiger partial charge in [-0.05, 0) is 31.6 Å². The number of methoxy groups -OCH3 is 1. The molecule has 0 aliphatic carbocycles. The topological polar surface area (TPSA) is 67.0 Å². The Balaban J connectivity index is 2.06. The van der Waals surface area contributed by atoms with Gasteiger partial charge in [-0.2, -0.15) is 5.10 Å². The predicted octanol–water partition coefficient (Wildman–Crippen LogP) is 2.94. The van der Waals surface area contributed by atoms with Gasteiger partial charge in [0, 0.05) is 23.4 Å². The molecule has 0 saturated heterocycles. The van der Waals surface area contributed by atoms with Gasteiger partial charge in [-0.3, -0.25) is 9.89 Å². The molecule has 0 unspecified atom stereocenters. The number of hydrogen-bond acceptors (Lipinski definition) is 3. The van der Waals surface area contributed by atoms with E-state index in [1.807, 2.05) is 38.1 Å². The van der Waals surface area contributed by atoms with Gasteiger partial charge in [0.05, 0.1) is 7.11 Å². The van der Waals surface area contributed by atoms with Crippen LogP contribution in [0, 0.1) is 6.92 Å². The van der Waals surface area contributed by atoms with Crippen LogP contribution in [0.1, 0.15) is 23.7 Å². The molecule has 2 N–H and O–H groups in total. The number of nitrogens with one attached hydrogen (secondary N) is 2. The van der Waals surface area contributed by atoms with E-state index in [9.17, 15) is 4.79 Å². The lowest BCUT2D eigenvalue weighted by Gasteiger charge is -2.05. The van der Waals surface area contributed by atoms with E-state index >= 15 is 0 Å². The van der Waals surface area contributed by atoms with Gasteiger partial charge in [-0.25, -0.2) is 0 Å². The lowest BCUT2D eigenvalue weighted by Crippen LogP contribution is -2.08. The summed E-state index contributed by atoms with van der Waals surface area (Å²) in [6.45, 7) is 4.01. The summed E-state index contributed by atoms with van der Waals surface area (Å²) in [7, 11) is 1.61. The largest absolute Gasteiger partial charge is 0.496 e. The minimum Gasteiger partial charge on any atom is -0.496 e. The molecule has 1 aromatic heterocycles. The second-order valence-corrected chi connectivity index (χ2v) is 4.70. The van der Waals surface area contributed by atoms with Crippen LogP contribution in [0.15, 0.2) is 30.3 Å². The normalized spacial score (nSPS) is 10.8. The third-order valence-corrected chi connectivity index (χ3v) is 3.06. The van der Waals surface area contributed by atoms with E-state index in [-0.39, 0.29) is 5.91 Å². The zero-order chi connectivity index (χ0) is 15.2. The number of carbonyl (C=O) groups is 1. The molecule has 110 valence electrons. The van der Waals surface area contributed by atoms with E-state index < -0.39 is 0 Å². The van der Waals surface area contributed by atoms with E-state index in [1.165, 1.54) is 6.08 Å². The van der Waals surface area contributed by atoms with Crippen LogP contribution in [0.25, 0.3) is 6.08 Å². The molecule has 21 heavy (non-hydrogen) atoms. The molecule has 5 heteroatoms. The van der Waals surface area contributed by atoms with Crippen LogP contribution in [0.3, 0.4) is 0 Å². The number of benzene rings is 1. The van der Waals surface area contributed by atoms with Gasteiger partial charge >= 0.3 is 0 Å². The molecule has 2 aromatic rings. The Morgan fingerprint density at radius 1 is 1.43 bits per heavy atom. The third-order valence-electron chi connectivity index (χ3n) is 3.06. The van der Waals surface area contributed by atoms with Crippen molar-refractivity contribution in [3.8, 4) is 5.75 Å². The van der Waals surface area contributed by atoms with Crippen LogP contribution in [-0.4, -0.2) is 23.2 Å². The quantitative estimate of drug-likeness (QED) is 0.830. The minimum atomic E-state index is -0.229. The van der Waals surface area contributed by atoms with E-state index in [1.54, 1.807) is 13.2 Å². The summed E-state index contributed by atoms with van der Waals surface area (Å²) >= 11 is 0. The molecule has 0 bridgehead atoms. The second-order valence-electron chi connectivity index (χ2n) is 4.70. The van der Waals surface area contributed by atoms with Gasteiger partial charge in [0.15, 0.2) is 5.82 Å². The molecule has 0 saturated carbocycles. The van der Waals surface area contributed by atoms with E-state index in [2.05, 4.69) is 15.5 Å². The average molecular weight is 285 g/mol. The van der Waals surface area contributed by atoms with Crippen molar-refractivity contribution in [2.45, 2.75) is 20.3 Å². The van der Waals surface area contributed by atoms with Crippen molar-refractivity contribution < 1.29 is 9.53 Å². The summed E-state index contributed by atoms with van der Waals surface area (Å²) in [6, 6.07) is 7.63. The maximum Gasteiger partial charge on any atom is 0.249 e. The van der Waals surface area contributed by atoms with Crippen LogP contribution >= 0.6 is 0 Å². The molecule has 0 atom stereocenters. The van der Waals surface area contributed by atoms with Gasteiger partial charge in [0.25, 0.3) is 0 Å². The van der Waals surface area contributed by atoms with Crippen LogP contribution in [0.4, 0.5) is 5.82 Å². The number of anilines is 1. The summed E-state index contributed by atoms with van der Waals surface area (Å²) in [5.41, 5.74) is 2.95. The summed E-state index contributed by atoms with van der Waals surface area (Å²) < 4.78 is 5.27. The number of aromatic nitrogens is 2. The average Bonchev–Trinajstić information content (AvgIpc) is 2.93. The molecule has 2 rings (SSSR count). The Labute approximate surface area is 124 Å². The number of nitrogens with zero attached hydrogens (tertiary/aromatic N) is 1. The smallest absolute Gasteiger partial charge is 0.249 e. The van der Waals surface area contributed by atoms with Gasteiger partial charge in [0.2, 0.25) is 5.91 Å². The molecule has 0 aliphatic heterocycles. The third kappa shape index (κ3) is 3.95. The molecule has 0 radical (unpaired) electrons. The highest BCUT2D eigenvalue weighted by molar-refractivity contribution is 6.01. The first kappa shape index (κ1) is 14.8. The van der Waals surface area contributed by atoms with Gasteiger partial charge in [-0.1, -0.05) is 18.6 Å². The van der Waals surface area contributed by atoms with Crippen LogP contribution in [-0.2, 0) is 11.2 Å². The molecule has 1 aromatic carbocycles. The molecular formula is C16H19N3O2. The Bertz CT molecular complexity index is 659. The van der Waals surface area contributed by atoms with Crippen LogP contribution in [0.2, 0.25) is 0 Å². The first-order valence-electron chi connectivity index (χ1n) is 6.80. The highest BCUT2D eigenvalue weighted by Crippen LogP contribution is 2.21. The van der Waals surface area contributed by atoms with Crippen molar-refractivity contribution >= 4 is 17.8 Å². The number of hydrogen-bond donors (Lipinski definition) is 2. The van der Waals surface area contributed by atoms with Crippen molar-refractivity contribution in [3.63, 3.8) is 0 Å². The molecule has 0 spiro atoms. The van der Waals surface area contributed by atoms with Gasteiger partial charge in [-0.15, -0.1) is 0 Å². The van der Waals surface area contributed by atoms with Crippen molar-refractivity contribution in [1.29, 1.82) is 0 Å². The molecule has 1 amide bonds. The Hall–Kier alpha value is -2.56. The number of aromatic amines is 1. The number of amides is 1. The van der Waals surface area contributed by atoms with E-state index in [0.717, 1.165) is 29.0 Å². The zero-order valence-corrected chi connectivity index (χ0v) is 12.4. The maximum absolute atomic E-state index is 11.9. The van der Waals surface area contributed by atoms with Crippen molar-refractivity contribution in [2.24, 2.45) is 0 Å². The Morgan fingerprint density at radius 3 is 2.90 bits per heavy atom. The van der Waals surface area contributed by atoms with Gasteiger partial charge < -0.3 is 10.1 Å². The molecule has 0 aliphatic rings. The number of carbonyl (C=O) groups excluding carboxylic acids is 1. The molecular weight excluding hydrogens is 266 g/mol. The molecule has 5 nitrogen and oxygen atoms in total. The Kier molecular flexibility index (Phi) is 4.77. The number of ether oxygens (including phenoxy) is 1. The predicted molar refractivity (Wildman–Crippen MR) is 83.4 cm³/mol. The number of H-pyrrole nitrogens is 1.